The first-order valence-electron chi connectivity index (χ1n) is 15.0. The molecular formula is C35H41N5O4. The molecule has 4 aromatic rings. The lowest BCUT2D eigenvalue weighted by atomic mass is 9.97. The van der Waals surface area contributed by atoms with Gasteiger partial charge in [0.2, 0.25) is 0 Å². The number of aromatic nitrogens is 2. The van der Waals surface area contributed by atoms with E-state index in [0.717, 1.165) is 29.0 Å². The number of anilines is 1. The Labute approximate surface area is 259 Å². The van der Waals surface area contributed by atoms with Gasteiger partial charge < -0.3 is 25.4 Å². The summed E-state index contributed by atoms with van der Waals surface area (Å²) >= 11 is 0. The first kappa shape index (κ1) is 30.8. The SMILES string of the molecule is COc1cccc(C(NCC2CC2)c2cccc(NC(=O)c3cc(C)nn3-c3cccc(CNC(=O)OC(C)(C)C)c3)c2)c1. The fourth-order valence-corrected chi connectivity index (χ4v) is 4.99. The van der Waals surface area contributed by atoms with Gasteiger partial charge in [-0.3, -0.25) is 4.79 Å². The molecule has 1 unspecified atom stereocenters. The molecule has 3 N–H and O–H groups in total. The number of ether oxygens (including phenoxy) is 2. The zero-order valence-corrected chi connectivity index (χ0v) is 26.0. The first-order valence-corrected chi connectivity index (χ1v) is 15.0. The van der Waals surface area contributed by atoms with Crippen molar-refractivity contribution in [2.75, 3.05) is 19.0 Å². The Morgan fingerprint density at radius 1 is 0.977 bits per heavy atom. The van der Waals surface area contributed by atoms with E-state index in [-0.39, 0.29) is 18.5 Å². The van der Waals surface area contributed by atoms with Crippen LogP contribution in [0.2, 0.25) is 0 Å². The van der Waals surface area contributed by atoms with Gasteiger partial charge in [-0.05, 0) is 112 Å². The van der Waals surface area contributed by atoms with Gasteiger partial charge in [-0.25, -0.2) is 9.48 Å². The summed E-state index contributed by atoms with van der Waals surface area (Å²) < 4.78 is 12.5. The maximum atomic E-state index is 13.6. The molecule has 1 aliphatic rings. The standard InChI is InChI=1S/C35H41N5O4/c1-23-17-31(40(39-23)29-13-6-9-25(18-29)22-37-34(42)44-35(2,3)4)33(41)38-28-12-7-10-26(19-28)32(36-21-24-15-16-24)27-11-8-14-30(20-27)43-5/h6-14,17-20,24,32,36H,15-16,21-22H2,1-5H3,(H,37,42)(H,38,41). The molecule has 1 aromatic heterocycles. The van der Waals surface area contributed by atoms with Crippen molar-refractivity contribution in [3.05, 3.63) is 107 Å². The number of amides is 2. The number of rotatable bonds is 11. The molecule has 9 heteroatoms. The van der Waals surface area contributed by atoms with Crippen molar-refractivity contribution in [1.82, 2.24) is 20.4 Å². The minimum atomic E-state index is -0.580. The number of hydrogen-bond donors (Lipinski definition) is 3. The maximum Gasteiger partial charge on any atom is 0.407 e. The fraction of sp³-hybridized carbons (Fsp3) is 0.343. The van der Waals surface area contributed by atoms with Crippen molar-refractivity contribution < 1.29 is 19.1 Å². The molecule has 230 valence electrons. The van der Waals surface area contributed by atoms with Crippen LogP contribution >= 0.6 is 0 Å². The van der Waals surface area contributed by atoms with E-state index >= 15 is 0 Å². The van der Waals surface area contributed by atoms with E-state index in [0.29, 0.717) is 28.7 Å². The Balaban J connectivity index is 1.34. The summed E-state index contributed by atoms with van der Waals surface area (Å²) in [5.41, 5.74) is 4.93. The van der Waals surface area contributed by atoms with Crippen LogP contribution in [0.25, 0.3) is 5.69 Å². The highest BCUT2D eigenvalue weighted by Gasteiger charge is 2.24. The molecule has 2 amide bonds. The lowest BCUT2D eigenvalue weighted by Gasteiger charge is -2.21. The number of aryl methyl sites for hydroxylation is 1. The van der Waals surface area contributed by atoms with E-state index < -0.39 is 11.7 Å². The van der Waals surface area contributed by atoms with Crippen molar-refractivity contribution in [1.29, 1.82) is 0 Å². The van der Waals surface area contributed by atoms with Crippen molar-refractivity contribution in [2.24, 2.45) is 5.92 Å². The number of carbonyl (C=O) groups is 2. The molecule has 3 aromatic carbocycles. The highest BCUT2D eigenvalue weighted by molar-refractivity contribution is 6.03. The second-order valence-electron chi connectivity index (χ2n) is 12.2. The van der Waals surface area contributed by atoms with Gasteiger partial charge in [0.15, 0.2) is 0 Å². The molecule has 5 rings (SSSR count). The van der Waals surface area contributed by atoms with Crippen LogP contribution in [0.5, 0.6) is 5.75 Å². The third kappa shape index (κ3) is 8.26. The van der Waals surface area contributed by atoms with Crippen LogP contribution in [0.3, 0.4) is 0 Å². The van der Waals surface area contributed by atoms with Crippen LogP contribution in [-0.2, 0) is 11.3 Å². The van der Waals surface area contributed by atoms with E-state index in [2.05, 4.69) is 33.2 Å². The molecule has 0 aliphatic heterocycles. The van der Waals surface area contributed by atoms with E-state index in [1.807, 2.05) is 88.4 Å². The van der Waals surface area contributed by atoms with E-state index in [1.165, 1.54) is 12.8 Å². The highest BCUT2D eigenvalue weighted by atomic mass is 16.6. The predicted octanol–water partition coefficient (Wildman–Crippen LogP) is 6.56. The van der Waals surface area contributed by atoms with Gasteiger partial charge in [0, 0.05) is 12.2 Å². The van der Waals surface area contributed by atoms with Gasteiger partial charge in [-0.1, -0.05) is 36.4 Å². The summed E-state index contributed by atoms with van der Waals surface area (Å²) in [4.78, 5) is 25.8. The second kappa shape index (κ2) is 13.3. The summed E-state index contributed by atoms with van der Waals surface area (Å²) in [5, 5.41) is 14.2. The van der Waals surface area contributed by atoms with Crippen molar-refractivity contribution in [3.8, 4) is 11.4 Å². The van der Waals surface area contributed by atoms with Gasteiger partial charge in [0.25, 0.3) is 5.91 Å². The molecule has 1 atom stereocenters. The predicted molar refractivity (Wildman–Crippen MR) is 171 cm³/mol. The van der Waals surface area contributed by atoms with E-state index in [4.69, 9.17) is 9.47 Å². The first-order chi connectivity index (χ1) is 21.1. The Bertz CT molecular complexity index is 1620. The minimum absolute atomic E-state index is 0.0487. The summed E-state index contributed by atoms with van der Waals surface area (Å²) in [7, 11) is 1.67. The summed E-state index contributed by atoms with van der Waals surface area (Å²) in [6.07, 6.45) is 2.02. The maximum absolute atomic E-state index is 13.6. The van der Waals surface area contributed by atoms with Gasteiger partial charge >= 0.3 is 6.09 Å². The number of carbonyl (C=O) groups excluding carboxylic acids is 2. The molecular weight excluding hydrogens is 554 g/mol. The van der Waals surface area contributed by atoms with E-state index in [1.54, 1.807) is 17.9 Å². The average molecular weight is 596 g/mol. The molecule has 0 saturated heterocycles. The number of methoxy groups -OCH3 is 1. The van der Waals surface area contributed by atoms with Crippen LogP contribution < -0.4 is 20.7 Å². The van der Waals surface area contributed by atoms with Crippen molar-refractivity contribution in [3.63, 3.8) is 0 Å². The largest absolute Gasteiger partial charge is 0.497 e. The average Bonchev–Trinajstić information content (AvgIpc) is 3.74. The van der Waals surface area contributed by atoms with Crippen LogP contribution in [0.15, 0.2) is 78.9 Å². The molecule has 44 heavy (non-hydrogen) atoms. The minimum Gasteiger partial charge on any atom is -0.497 e. The highest BCUT2D eigenvalue weighted by Crippen LogP contribution is 2.32. The monoisotopic (exact) mass is 595 g/mol. The Hall–Kier alpha value is -4.63. The second-order valence-corrected chi connectivity index (χ2v) is 12.2. The normalized spacial score (nSPS) is 13.7. The van der Waals surface area contributed by atoms with Gasteiger partial charge in [0.05, 0.1) is 24.5 Å². The smallest absolute Gasteiger partial charge is 0.407 e. The molecule has 1 heterocycles. The quantitative estimate of drug-likeness (QED) is 0.181. The third-order valence-corrected chi connectivity index (χ3v) is 7.27. The lowest BCUT2D eigenvalue weighted by Crippen LogP contribution is -2.32. The Morgan fingerprint density at radius 3 is 2.43 bits per heavy atom. The van der Waals surface area contributed by atoms with Crippen LogP contribution in [-0.4, -0.2) is 41.0 Å². The molecule has 1 aliphatic carbocycles. The zero-order chi connectivity index (χ0) is 31.3. The molecule has 0 spiro atoms. The zero-order valence-electron chi connectivity index (χ0n) is 26.0. The number of nitrogens with zero attached hydrogens (tertiary/aromatic N) is 2. The van der Waals surface area contributed by atoms with Crippen LogP contribution in [0.1, 0.15) is 72.5 Å². The van der Waals surface area contributed by atoms with Gasteiger partial charge in [0.1, 0.15) is 17.0 Å². The molecule has 1 saturated carbocycles. The number of nitrogens with one attached hydrogen (secondary N) is 3. The molecule has 1 fully saturated rings. The lowest BCUT2D eigenvalue weighted by molar-refractivity contribution is 0.0523. The van der Waals surface area contributed by atoms with Crippen molar-refractivity contribution >= 4 is 17.7 Å². The molecule has 9 nitrogen and oxygen atoms in total. The molecule has 0 radical (unpaired) electrons. The summed E-state index contributed by atoms with van der Waals surface area (Å²) in [6.45, 7) is 8.53. The third-order valence-electron chi connectivity index (χ3n) is 7.27. The summed E-state index contributed by atoms with van der Waals surface area (Å²) in [5.74, 6) is 1.24. The number of hydrogen-bond acceptors (Lipinski definition) is 6. The fourth-order valence-electron chi connectivity index (χ4n) is 4.99. The van der Waals surface area contributed by atoms with Gasteiger partial charge in [-0.15, -0.1) is 0 Å². The molecule has 0 bridgehead atoms. The summed E-state index contributed by atoms with van der Waals surface area (Å²) in [6, 6.07) is 25.3. The number of alkyl carbamates (subject to hydrolysis) is 1. The van der Waals surface area contributed by atoms with Crippen molar-refractivity contribution in [2.45, 2.75) is 58.7 Å². The Morgan fingerprint density at radius 2 is 1.70 bits per heavy atom. The van der Waals surface area contributed by atoms with Crippen LogP contribution in [0, 0.1) is 12.8 Å². The van der Waals surface area contributed by atoms with Gasteiger partial charge in [-0.2, -0.15) is 5.10 Å². The van der Waals surface area contributed by atoms with E-state index in [9.17, 15) is 9.59 Å². The Kier molecular flexibility index (Phi) is 9.35. The van der Waals surface area contributed by atoms with Crippen LogP contribution in [0.4, 0.5) is 10.5 Å². The number of benzene rings is 3. The topological polar surface area (TPSA) is 107 Å².